The van der Waals surface area contributed by atoms with Crippen molar-refractivity contribution in [1.29, 1.82) is 0 Å². The molecule has 0 bridgehead atoms. The summed E-state index contributed by atoms with van der Waals surface area (Å²) in [5.41, 5.74) is 1.36. The SMILES string of the molecule is COc1ccc([C@@H]2C[C@]3(CC(C)(C)NC(=O)N3)Oc3c2ccc(OC(=O)c2cc(OC)c(OC)c(OC)c2)c3C)cc1. The second kappa shape index (κ2) is 11.0. The number of rotatable bonds is 7. The molecule has 3 aromatic rings. The number of methoxy groups -OCH3 is 4. The van der Waals surface area contributed by atoms with Gasteiger partial charge in [0.2, 0.25) is 5.75 Å². The number of fused-ring (bicyclic) bond motifs is 1. The lowest BCUT2D eigenvalue weighted by Crippen LogP contribution is -2.69. The Labute approximate surface area is 245 Å². The molecule has 42 heavy (non-hydrogen) atoms. The van der Waals surface area contributed by atoms with Crippen LogP contribution in [-0.4, -0.2) is 51.7 Å². The minimum atomic E-state index is -0.979. The van der Waals surface area contributed by atoms with Crippen molar-refractivity contribution in [2.75, 3.05) is 28.4 Å². The van der Waals surface area contributed by atoms with Crippen LogP contribution in [0.3, 0.4) is 0 Å². The Morgan fingerprint density at radius 3 is 2.12 bits per heavy atom. The molecule has 10 nitrogen and oxygen atoms in total. The average Bonchev–Trinajstić information content (AvgIpc) is 2.96. The number of amides is 2. The summed E-state index contributed by atoms with van der Waals surface area (Å²) in [7, 11) is 6.08. The zero-order valence-electron chi connectivity index (χ0n) is 24.9. The van der Waals surface area contributed by atoms with E-state index < -0.39 is 17.2 Å². The highest BCUT2D eigenvalue weighted by atomic mass is 16.5. The first kappa shape index (κ1) is 28.9. The van der Waals surface area contributed by atoms with Gasteiger partial charge in [-0.2, -0.15) is 0 Å². The van der Waals surface area contributed by atoms with Gasteiger partial charge in [-0.25, -0.2) is 9.59 Å². The van der Waals surface area contributed by atoms with Crippen molar-refractivity contribution in [3.63, 3.8) is 0 Å². The standard InChI is InChI=1S/C32H36N2O8/c1-18-24(41-29(35)20-14-25(38-5)28(40-7)26(15-20)39-6)13-12-22-23(19-8-10-21(37-4)11-9-19)16-32(42-27(18)22)17-31(2,3)33-30(36)34-32/h8-15,23H,16-17H2,1-7H3,(H2,33,34,36)/t23-,32+/m0/s1. The van der Waals surface area contributed by atoms with E-state index in [-0.39, 0.29) is 17.5 Å². The molecule has 1 fully saturated rings. The number of carbonyl (C=O) groups is 2. The van der Waals surface area contributed by atoms with Crippen molar-refractivity contribution < 1.29 is 38.0 Å². The van der Waals surface area contributed by atoms with E-state index in [4.69, 9.17) is 28.4 Å². The van der Waals surface area contributed by atoms with Gasteiger partial charge < -0.3 is 39.1 Å². The maximum absolute atomic E-state index is 13.3. The molecule has 0 unspecified atom stereocenters. The number of carbonyl (C=O) groups excluding carboxylic acids is 2. The number of ether oxygens (including phenoxy) is 6. The third-order valence-electron chi connectivity index (χ3n) is 7.74. The van der Waals surface area contributed by atoms with Crippen LogP contribution in [0.1, 0.15) is 59.7 Å². The summed E-state index contributed by atoms with van der Waals surface area (Å²) in [5, 5.41) is 6.03. The van der Waals surface area contributed by atoms with Gasteiger partial charge in [0.15, 0.2) is 17.2 Å². The van der Waals surface area contributed by atoms with Crippen molar-refractivity contribution >= 4 is 12.0 Å². The molecule has 222 valence electrons. The molecule has 0 saturated carbocycles. The minimum Gasteiger partial charge on any atom is -0.497 e. The van der Waals surface area contributed by atoms with Crippen LogP contribution in [0.2, 0.25) is 0 Å². The molecule has 2 N–H and O–H groups in total. The van der Waals surface area contributed by atoms with E-state index in [1.807, 2.05) is 51.1 Å². The normalized spacial score (nSPS) is 20.4. The number of nitrogens with one attached hydrogen (secondary N) is 2. The molecule has 1 saturated heterocycles. The zero-order chi connectivity index (χ0) is 30.2. The van der Waals surface area contributed by atoms with E-state index in [0.717, 1.165) is 16.9 Å². The predicted octanol–water partition coefficient (Wildman–Crippen LogP) is 5.34. The van der Waals surface area contributed by atoms with Crippen LogP contribution in [0.25, 0.3) is 0 Å². The summed E-state index contributed by atoms with van der Waals surface area (Å²) in [6, 6.07) is 14.3. The van der Waals surface area contributed by atoms with Gasteiger partial charge in [0.25, 0.3) is 0 Å². The summed E-state index contributed by atoms with van der Waals surface area (Å²) >= 11 is 0. The molecule has 2 aliphatic rings. The molecule has 1 spiro atoms. The number of benzene rings is 3. The number of hydrogen-bond acceptors (Lipinski definition) is 8. The first-order valence-electron chi connectivity index (χ1n) is 13.6. The minimum absolute atomic E-state index is 0.104. The van der Waals surface area contributed by atoms with Crippen molar-refractivity contribution in [1.82, 2.24) is 10.6 Å². The lowest BCUT2D eigenvalue weighted by atomic mass is 9.76. The van der Waals surface area contributed by atoms with Gasteiger partial charge in [0.1, 0.15) is 17.2 Å². The molecule has 2 atom stereocenters. The second-order valence-corrected chi connectivity index (χ2v) is 11.2. The largest absolute Gasteiger partial charge is 0.497 e. The lowest BCUT2D eigenvalue weighted by Gasteiger charge is -2.49. The van der Waals surface area contributed by atoms with E-state index in [2.05, 4.69) is 10.6 Å². The second-order valence-electron chi connectivity index (χ2n) is 11.2. The Hall–Kier alpha value is -4.60. The quantitative estimate of drug-likeness (QED) is 0.286. The smallest absolute Gasteiger partial charge is 0.343 e. The molecule has 0 aliphatic carbocycles. The third kappa shape index (κ3) is 5.36. The lowest BCUT2D eigenvalue weighted by molar-refractivity contribution is -0.0241. The fraction of sp³-hybridized carbons (Fsp3) is 0.375. The van der Waals surface area contributed by atoms with Crippen LogP contribution >= 0.6 is 0 Å². The van der Waals surface area contributed by atoms with Crippen LogP contribution in [0.4, 0.5) is 4.79 Å². The predicted molar refractivity (Wildman–Crippen MR) is 155 cm³/mol. The van der Waals surface area contributed by atoms with Gasteiger partial charge in [-0.1, -0.05) is 18.2 Å². The van der Waals surface area contributed by atoms with Gasteiger partial charge in [-0.05, 0) is 56.7 Å². The Bertz CT molecular complexity index is 1490. The summed E-state index contributed by atoms with van der Waals surface area (Å²) in [6.07, 6.45) is 1.04. The topological polar surface area (TPSA) is 114 Å². The van der Waals surface area contributed by atoms with Crippen molar-refractivity contribution in [3.8, 4) is 34.5 Å². The zero-order valence-corrected chi connectivity index (χ0v) is 24.9. The van der Waals surface area contributed by atoms with Crippen LogP contribution < -0.4 is 39.1 Å². The van der Waals surface area contributed by atoms with Crippen LogP contribution in [0.15, 0.2) is 48.5 Å². The van der Waals surface area contributed by atoms with Gasteiger partial charge in [0, 0.05) is 35.4 Å². The van der Waals surface area contributed by atoms with Gasteiger partial charge in [-0.15, -0.1) is 0 Å². The maximum Gasteiger partial charge on any atom is 0.343 e. The summed E-state index contributed by atoms with van der Waals surface area (Å²) in [5.74, 6) is 1.98. The Balaban J connectivity index is 1.55. The molecular weight excluding hydrogens is 540 g/mol. The van der Waals surface area contributed by atoms with Crippen molar-refractivity contribution in [2.45, 2.75) is 50.8 Å². The highest BCUT2D eigenvalue weighted by Crippen LogP contribution is 2.50. The maximum atomic E-state index is 13.3. The van der Waals surface area contributed by atoms with Crippen LogP contribution in [0, 0.1) is 6.92 Å². The average molecular weight is 577 g/mol. The molecule has 2 aliphatic heterocycles. The van der Waals surface area contributed by atoms with E-state index in [9.17, 15) is 9.59 Å². The van der Waals surface area contributed by atoms with Gasteiger partial charge in [-0.3, -0.25) is 0 Å². The van der Waals surface area contributed by atoms with E-state index in [1.54, 1.807) is 13.2 Å². The van der Waals surface area contributed by atoms with Crippen LogP contribution in [0.5, 0.6) is 34.5 Å². The molecule has 0 radical (unpaired) electrons. The molecule has 0 aromatic heterocycles. The van der Waals surface area contributed by atoms with Crippen molar-refractivity contribution in [3.05, 3.63) is 70.8 Å². The Kier molecular flexibility index (Phi) is 7.57. The fourth-order valence-corrected chi connectivity index (χ4v) is 5.92. The number of esters is 1. The first-order chi connectivity index (χ1) is 20.0. The monoisotopic (exact) mass is 576 g/mol. The van der Waals surface area contributed by atoms with Gasteiger partial charge >= 0.3 is 12.0 Å². The number of hydrogen-bond donors (Lipinski definition) is 2. The summed E-state index contributed by atoms with van der Waals surface area (Å²) in [4.78, 5) is 26.1. The Morgan fingerprint density at radius 1 is 0.881 bits per heavy atom. The fourth-order valence-electron chi connectivity index (χ4n) is 5.92. The van der Waals surface area contributed by atoms with E-state index in [1.165, 1.54) is 33.5 Å². The molecule has 5 rings (SSSR count). The first-order valence-corrected chi connectivity index (χ1v) is 13.6. The summed E-state index contributed by atoms with van der Waals surface area (Å²) < 4.78 is 34.1. The van der Waals surface area contributed by atoms with E-state index >= 15 is 0 Å². The van der Waals surface area contributed by atoms with E-state index in [0.29, 0.717) is 47.2 Å². The highest BCUT2D eigenvalue weighted by molar-refractivity contribution is 5.93. The third-order valence-corrected chi connectivity index (χ3v) is 7.74. The van der Waals surface area contributed by atoms with Crippen molar-refractivity contribution in [2.24, 2.45) is 0 Å². The molecule has 2 amide bonds. The van der Waals surface area contributed by atoms with Crippen LogP contribution in [-0.2, 0) is 0 Å². The molecular formula is C32H36N2O8. The van der Waals surface area contributed by atoms with Gasteiger partial charge in [0.05, 0.1) is 34.0 Å². The number of urea groups is 1. The molecule has 10 heteroatoms. The summed E-state index contributed by atoms with van der Waals surface area (Å²) in [6.45, 7) is 5.78. The molecule has 2 heterocycles. The highest BCUT2D eigenvalue weighted by Gasteiger charge is 2.50. The molecule has 3 aromatic carbocycles. The Morgan fingerprint density at radius 2 is 1.55 bits per heavy atom.